The predicted molar refractivity (Wildman–Crippen MR) is 76.1 cm³/mol. The van der Waals surface area contributed by atoms with Crippen molar-refractivity contribution in [1.29, 1.82) is 0 Å². The van der Waals surface area contributed by atoms with Crippen molar-refractivity contribution >= 4 is 17.7 Å². The van der Waals surface area contributed by atoms with Gasteiger partial charge in [-0.05, 0) is 37.1 Å². The Hall–Kier alpha value is -2.21. The van der Waals surface area contributed by atoms with Crippen molar-refractivity contribution in [2.24, 2.45) is 0 Å². The predicted octanol–water partition coefficient (Wildman–Crippen LogP) is 1.89. The highest BCUT2D eigenvalue weighted by molar-refractivity contribution is 5.92. The first-order chi connectivity index (χ1) is 9.40. The summed E-state index contributed by atoms with van der Waals surface area (Å²) in [6.07, 6.45) is 3.51. The van der Waals surface area contributed by atoms with Crippen molar-refractivity contribution in [1.82, 2.24) is 5.32 Å². The molecule has 0 aliphatic rings. The van der Waals surface area contributed by atoms with Gasteiger partial charge in [0.05, 0.1) is 17.1 Å². The number of nitrogens with zero attached hydrogens (tertiary/aromatic N) is 1. The lowest BCUT2D eigenvalue weighted by Crippen LogP contribution is -2.47. The van der Waals surface area contributed by atoms with Gasteiger partial charge in [0.25, 0.3) is 5.69 Å². The van der Waals surface area contributed by atoms with Gasteiger partial charge in [-0.3, -0.25) is 14.9 Å². The fraction of sp³-hybridized carbons (Fsp3) is 0.357. The molecule has 1 amide bonds. The second-order valence-corrected chi connectivity index (χ2v) is 4.74. The first kappa shape index (κ1) is 15.8. The SMILES string of the molecule is CCC(C)(CO)NC(=O)C=Cc1ccc([N+](=O)[O-])cc1. The van der Waals surface area contributed by atoms with Gasteiger partial charge in [-0.15, -0.1) is 0 Å². The molecule has 6 heteroatoms. The summed E-state index contributed by atoms with van der Waals surface area (Å²) >= 11 is 0. The Balaban J connectivity index is 2.68. The zero-order valence-electron chi connectivity index (χ0n) is 11.5. The molecule has 0 aromatic heterocycles. The molecule has 1 aromatic rings. The number of amides is 1. The van der Waals surface area contributed by atoms with Gasteiger partial charge >= 0.3 is 0 Å². The van der Waals surface area contributed by atoms with E-state index in [-0.39, 0.29) is 18.2 Å². The number of aliphatic hydroxyl groups excluding tert-OH is 1. The molecule has 108 valence electrons. The van der Waals surface area contributed by atoms with Crippen molar-refractivity contribution in [3.05, 3.63) is 46.0 Å². The van der Waals surface area contributed by atoms with E-state index in [2.05, 4.69) is 5.32 Å². The van der Waals surface area contributed by atoms with Crippen LogP contribution in [0.15, 0.2) is 30.3 Å². The summed E-state index contributed by atoms with van der Waals surface area (Å²) in [5, 5.41) is 22.4. The molecule has 20 heavy (non-hydrogen) atoms. The maximum absolute atomic E-state index is 11.7. The van der Waals surface area contributed by atoms with Crippen LogP contribution in [0, 0.1) is 10.1 Å². The van der Waals surface area contributed by atoms with E-state index in [0.717, 1.165) is 0 Å². The van der Waals surface area contributed by atoms with E-state index in [0.29, 0.717) is 12.0 Å². The van der Waals surface area contributed by atoms with E-state index < -0.39 is 10.5 Å². The third kappa shape index (κ3) is 4.47. The molecule has 1 aromatic carbocycles. The van der Waals surface area contributed by atoms with E-state index >= 15 is 0 Å². The summed E-state index contributed by atoms with van der Waals surface area (Å²) in [4.78, 5) is 21.7. The fourth-order valence-corrected chi connectivity index (χ4v) is 1.46. The van der Waals surface area contributed by atoms with Crippen LogP contribution >= 0.6 is 0 Å². The molecule has 1 atom stereocenters. The second-order valence-electron chi connectivity index (χ2n) is 4.74. The van der Waals surface area contributed by atoms with Crippen LogP contribution in [-0.2, 0) is 4.79 Å². The van der Waals surface area contributed by atoms with Crippen molar-refractivity contribution < 1.29 is 14.8 Å². The largest absolute Gasteiger partial charge is 0.394 e. The van der Waals surface area contributed by atoms with E-state index in [9.17, 15) is 20.0 Å². The van der Waals surface area contributed by atoms with Crippen LogP contribution in [-0.4, -0.2) is 28.1 Å². The summed E-state index contributed by atoms with van der Waals surface area (Å²) in [6, 6.07) is 5.88. The highest BCUT2D eigenvalue weighted by Gasteiger charge is 2.21. The molecule has 0 aliphatic carbocycles. The van der Waals surface area contributed by atoms with Crippen molar-refractivity contribution in [2.75, 3.05) is 6.61 Å². The number of non-ortho nitro benzene ring substituents is 1. The number of carbonyl (C=O) groups is 1. The normalized spacial score (nSPS) is 13.9. The van der Waals surface area contributed by atoms with Crippen LogP contribution in [0.3, 0.4) is 0 Å². The number of hydrogen-bond donors (Lipinski definition) is 2. The summed E-state index contributed by atoms with van der Waals surface area (Å²) in [5.74, 6) is -0.318. The number of aliphatic hydroxyl groups is 1. The molecule has 0 spiro atoms. The average Bonchev–Trinajstić information content (AvgIpc) is 2.45. The molecule has 0 heterocycles. The molecule has 2 N–H and O–H groups in total. The topological polar surface area (TPSA) is 92.5 Å². The van der Waals surface area contributed by atoms with Crippen LogP contribution in [0.4, 0.5) is 5.69 Å². The minimum atomic E-state index is -0.642. The van der Waals surface area contributed by atoms with Gasteiger partial charge in [0.1, 0.15) is 0 Å². The Morgan fingerprint density at radius 2 is 2.05 bits per heavy atom. The molecule has 6 nitrogen and oxygen atoms in total. The maximum atomic E-state index is 11.7. The molecular weight excluding hydrogens is 260 g/mol. The lowest BCUT2D eigenvalue weighted by atomic mass is 10.0. The molecular formula is C14H18N2O4. The Labute approximate surface area is 117 Å². The molecule has 0 fully saturated rings. The van der Waals surface area contributed by atoms with Gasteiger partial charge < -0.3 is 10.4 Å². The van der Waals surface area contributed by atoms with E-state index in [4.69, 9.17) is 0 Å². The van der Waals surface area contributed by atoms with E-state index in [1.165, 1.54) is 18.2 Å². The number of nitro groups is 1. The van der Waals surface area contributed by atoms with Crippen molar-refractivity contribution in [2.45, 2.75) is 25.8 Å². The molecule has 1 unspecified atom stereocenters. The van der Waals surface area contributed by atoms with Crippen LogP contribution in [0.2, 0.25) is 0 Å². The second kappa shape index (κ2) is 6.81. The van der Waals surface area contributed by atoms with Crippen molar-refractivity contribution in [3.8, 4) is 0 Å². The molecule has 0 saturated carbocycles. The number of hydrogen-bond acceptors (Lipinski definition) is 4. The van der Waals surface area contributed by atoms with Gasteiger partial charge in [0, 0.05) is 18.2 Å². The van der Waals surface area contributed by atoms with Gasteiger partial charge in [-0.2, -0.15) is 0 Å². The third-order valence-corrected chi connectivity index (χ3v) is 3.09. The number of benzene rings is 1. The number of carbonyl (C=O) groups excluding carboxylic acids is 1. The fourth-order valence-electron chi connectivity index (χ4n) is 1.46. The van der Waals surface area contributed by atoms with Crippen molar-refractivity contribution in [3.63, 3.8) is 0 Å². The number of nitrogens with one attached hydrogen (secondary N) is 1. The van der Waals surface area contributed by atoms with Gasteiger partial charge in [-0.1, -0.05) is 6.92 Å². The Kier molecular flexibility index (Phi) is 5.40. The average molecular weight is 278 g/mol. The summed E-state index contributed by atoms with van der Waals surface area (Å²) < 4.78 is 0. The van der Waals surface area contributed by atoms with Gasteiger partial charge in [-0.25, -0.2) is 0 Å². The standard InChI is InChI=1S/C14H18N2O4/c1-3-14(2,10-17)15-13(18)9-6-11-4-7-12(8-5-11)16(19)20/h4-9,17H,3,10H2,1-2H3,(H,15,18). The highest BCUT2D eigenvalue weighted by Crippen LogP contribution is 2.13. The lowest BCUT2D eigenvalue weighted by molar-refractivity contribution is -0.384. The molecule has 0 saturated heterocycles. The Bertz CT molecular complexity index is 504. The minimum absolute atomic E-state index is 0.00504. The van der Waals surface area contributed by atoms with Gasteiger partial charge in [0.2, 0.25) is 5.91 Å². The van der Waals surface area contributed by atoms with Crippen LogP contribution in [0.5, 0.6) is 0 Å². The van der Waals surface area contributed by atoms with Crippen LogP contribution in [0.1, 0.15) is 25.8 Å². The van der Waals surface area contributed by atoms with Crippen LogP contribution in [0.25, 0.3) is 6.08 Å². The summed E-state index contributed by atoms with van der Waals surface area (Å²) in [6.45, 7) is 3.49. The first-order valence-electron chi connectivity index (χ1n) is 6.26. The van der Waals surface area contributed by atoms with E-state index in [1.807, 2.05) is 6.92 Å². The molecule has 0 aliphatic heterocycles. The third-order valence-electron chi connectivity index (χ3n) is 3.09. The molecule has 0 bridgehead atoms. The van der Waals surface area contributed by atoms with Crippen LogP contribution < -0.4 is 5.32 Å². The van der Waals surface area contributed by atoms with Gasteiger partial charge in [0.15, 0.2) is 0 Å². The lowest BCUT2D eigenvalue weighted by Gasteiger charge is -2.26. The number of nitro benzene ring substituents is 1. The Morgan fingerprint density at radius 1 is 1.45 bits per heavy atom. The summed E-state index contributed by atoms with van der Waals surface area (Å²) in [5.41, 5.74) is 0.0510. The first-order valence-corrected chi connectivity index (χ1v) is 6.26. The zero-order chi connectivity index (χ0) is 15.2. The zero-order valence-corrected chi connectivity index (χ0v) is 11.5. The highest BCUT2D eigenvalue weighted by atomic mass is 16.6. The summed E-state index contributed by atoms with van der Waals surface area (Å²) in [7, 11) is 0. The smallest absolute Gasteiger partial charge is 0.269 e. The molecule has 0 radical (unpaired) electrons. The van der Waals surface area contributed by atoms with E-state index in [1.54, 1.807) is 25.1 Å². The monoisotopic (exact) mass is 278 g/mol. The molecule has 1 rings (SSSR count). The minimum Gasteiger partial charge on any atom is -0.394 e. The Morgan fingerprint density at radius 3 is 2.50 bits per heavy atom. The number of rotatable bonds is 6. The quantitative estimate of drug-likeness (QED) is 0.472. The maximum Gasteiger partial charge on any atom is 0.269 e.